The monoisotopic (exact) mass is 358 g/mol. The Morgan fingerprint density at radius 3 is 2.48 bits per heavy atom. The Balaban J connectivity index is 2.36. The van der Waals surface area contributed by atoms with Crippen molar-refractivity contribution in [2.75, 3.05) is 0 Å². The molecule has 2 aromatic rings. The van der Waals surface area contributed by atoms with Gasteiger partial charge in [-0.25, -0.2) is 4.39 Å². The largest absolute Gasteiger partial charge is 0.453 e. The second kappa shape index (κ2) is 6.15. The lowest BCUT2D eigenvalue weighted by atomic mass is 10.2. The van der Waals surface area contributed by atoms with Crippen molar-refractivity contribution in [3.8, 4) is 11.5 Å². The molecule has 0 saturated heterocycles. The fraction of sp³-hybridized carbons (Fsp3) is 0.0769. The molecule has 0 bridgehead atoms. The summed E-state index contributed by atoms with van der Waals surface area (Å²) in [6, 6.07) is 5.99. The van der Waals surface area contributed by atoms with Gasteiger partial charge in [-0.15, -0.1) is 0 Å². The quantitative estimate of drug-likeness (QED) is 0.664. The van der Waals surface area contributed by atoms with Crippen LogP contribution in [-0.4, -0.2) is 4.92 Å². The van der Waals surface area contributed by atoms with Crippen molar-refractivity contribution >= 4 is 21.6 Å². The van der Waals surface area contributed by atoms with Crippen LogP contribution in [0, 0.1) is 21.7 Å². The van der Waals surface area contributed by atoms with Crippen molar-refractivity contribution in [2.24, 2.45) is 5.73 Å². The maximum Gasteiger partial charge on any atom is 0.307 e. The highest BCUT2D eigenvalue weighted by atomic mass is 79.9. The first-order valence-electron chi connectivity index (χ1n) is 5.72. The number of halogens is 3. The fourth-order valence-electron chi connectivity index (χ4n) is 1.61. The van der Waals surface area contributed by atoms with Crippen LogP contribution in [0.1, 0.15) is 5.56 Å². The Labute approximate surface area is 126 Å². The molecule has 0 unspecified atom stereocenters. The highest BCUT2D eigenvalue weighted by Crippen LogP contribution is 2.34. The molecule has 0 aliphatic heterocycles. The van der Waals surface area contributed by atoms with Crippen LogP contribution in [0.5, 0.6) is 11.5 Å². The van der Waals surface area contributed by atoms with Crippen molar-refractivity contribution in [3.63, 3.8) is 0 Å². The predicted molar refractivity (Wildman–Crippen MR) is 75.1 cm³/mol. The lowest BCUT2D eigenvalue weighted by molar-refractivity contribution is -0.387. The Kier molecular flexibility index (Phi) is 4.49. The molecule has 5 nitrogen and oxygen atoms in total. The number of nitro benzene ring substituents is 1. The van der Waals surface area contributed by atoms with Crippen LogP contribution >= 0.6 is 15.9 Å². The van der Waals surface area contributed by atoms with E-state index in [2.05, 4.69) is 15.9 Å². The third kappa shape index (κ3) is 3.34. The van der Waals surface area contributed by atoms with E-state index in [1.54, 1.807) is 12.1 Å². The second-order valence-corrected chi connectivity index (χ2v) is 4.92. The van der Waals surface area contributed by atoms with E-state index in [4.69, 9.17) is 10.5 Å². The molecule has 21 heavy (non-hydrogen) atoms. The van der Waals surface area contributed by atoms with Crippen LogP contribution in [0.4, 0.5) is 14.5 Å². The molecular formula is C13H9BrF2N2O3. The summed E-state index contributed by atoms with van der Waals surface area (Å²) < 4.78 is 32.9. The van der Waals surface area contributed by atoms with E-state index < -0.39 is 28.0 Å². The summed E-state index contributed by atoms with van der Waals surface area (Å²) >= 11 is 3.22. The van der Waals surface area contributed by atoms with Gasteiger partial charge in [0.15, 0.2) is 11.6 Å². The van der Waals surface area contributed by atoms with Gasteiger partial charge in [0, 0.05) is 12.6 Å². The van der Waals surface area contributed by atoms with Crippen LogP contribution in [0.2, 0.25) is 0 Å². The number of rotatable bonds is 4. The Morgan fingerprint density at radius 1 is 1.19 bits per heavy atom. The Morgan fingerprint density at radius 2 is 1.90 bits per heavy atom. The van der Waals surface area contributed by atoms with Gasteiger partial charge < -0.3 is 10.5 Å². The highest BCUT2D eigenvalue weighted by Gasteiger charge is 2.20. The standard InChI is InChI=1S/C13H9BrF2N2O3/c14-8-3-7(6-17)1-2-12(8)21-13-5-9(15)11(18(19)20)4-10(13)16/h1-5H,6,17H2. The summed E-state index contributed by atoms with van der Waals surface area (Å²) in [5, 5.41) is 10.5. The van der Waals surface area contributed by atoms with Gasteiger partial charge in [-0.2, -0.15) is 4.39 Å². The number of nitrogens with two attached hydrogens (primary N) is 1. The van der Waals surface area contributed by atoms with Crippen molar-refractivity contribution in [1.82, 2.24) is 0 Å². The number of ether oxygens (including phenoxy) is 1. The first-order chi connectivity index (χ1) is 9.92. The maximum atomic E-state index is 13.7. The molecule has 0 fully saturated rings. The number of hydrogen-bond acceptors (Lipinski definition) is 4. The zero-order chi connectivity index (χ0) is 15.6. The number of benzene rings is 2. The zero-order valence-corrected chi connectivity index (χ0v) is 12.1. The first-order valence-corrected chi connectivity index (χ1v) is 6.51. The smallest absolute Gasteiger partial charge is 0.307 e. The van der Waals surface area contributed by atoms with Gasteiger partial charge >= 0.3 is 5.69 Å². The minimum absolute atomic E-state index is 0.236. The van der Waals surface area contributed by atoms with Crippen LogP contribution in [0.25, 0.3) is 0 Å². The molecule has 0 amide bonds. The number of nitro groups is 1. The number of hydrogen-bond donors (Lipinski definition) is 1. The summed E-state index contributed by atoms with van der Waals surface area (Å²) in [6.45, 7) is 0.319. The van der Waals surface area contributed by atoms with E-state index >= 15 is 0 Å². The lowest BCUT2D eigenvalue weighted by Gasteiger charge is -2.10. The normalized spacial score (nSPS) is 10.5. The lowest BCUT2D eigenvalue weighted by Crippen LogP contribution is -1.98. The van der Waals surface area contributed by atoms with E-state index in [1.807, 2.05) is 0 Å². The zero-order valence-electron chi connectivity index (χ0n) is 10.5. The number of nitrogens with zero attached hydrogens (tertiary/aromatic N) is 1. The van der Waals surface area contributed by atoms with Gasteiger partial charge in [-0.1, -0.05) is 6.07 Å². The van der Waals surface area contributed by atoms with E-state index in [9.17, 15) is 18.9 Å². The topological polar surface area (TPSA) is 78.4 Å². The summed E-state index contributed by atoms with van der Waals surface area (Å²) in [4.78, 5) is 9.50. The van der Waals surface area contributed by atoms with E-state index in [-0.39, 0.29) is 5.75 Å². The molecular weight excluding hydrogens is 350 g/mol. The third-order valence-electron chi connectivity index (χ3n) is 2.65. The maximum absolute atomic E-state index is 13.7. The molecule has 0 spiro atoms. The molecule has 0 aliphatic rings. The van der Waals surface area contributed by atoms with Crippen molar-refractivity contribution in [2.45, 2.75) is 6.54 Å². The molecule has 0 radical (unpaired) electrons. The summed E-state index contributed by atoms with van der Waals surface area (Å²) in [6.07, 6.45) is 0. The molecule has 110 valence electrons. The SMILES string of the molecule is NCc1ccc(Oc2cc(F)c([N+](=O)[O-])cc2F)c(Br)c1. The molecule has 0 atom stereocenters. The molecule has 0 aliphatic carbocycles. The van der Waals surface area contributed by atoms with Gasteiger partial charge in [-0.05, 0) is 33.6 Å². The molecule has 8 heteroatoms. The van der Waals surface area contributed by atoms with Crippen LogP contribution in [0.15, 0.2) is 34.8 Å². The van der Waals surface area contributed by atoms with Crippen molar-refractivity contribution in [3.05, 3.63) is 62.1 Å². The van der Waals surface area contributed by atoms with E-state index in [0.717, 1.165) is 5.56 Å². The van der Waals surface area contributed by atoms with Gasteiger partial charge in [0.1, 0.15) is 5.75 Å². The molecule has 0 saturated carbocycles. The van der Waals surface area contributed by atoms with Gasteiger partial charge in [0.25, 0.3) is 0 Å². The Bertz CT molecular complexity index is 710. The average Bonchev–Trinajstić information content (AvgIpc) is 2.44. The summed E-state index contributed by atoms with van der Waals surface area (Å²) in [5.74, 6) is -2.41. The molecule has 0 heterocycles. The van der Waals surface area contributed by atoms with Gasteiger partial charge in [-0.3, -0.25) is 10.1 Å². The van der Waals surface area contributed by atoms with Crippen LogP contribution in [0.3, 0.4) is 0 Å². The molecule has 2 N–H and O–H groups in total. The highest BCUT2D eigenvalue weighted by molar-refractivity contribution is 9.10. The molecule has 2 rings (SSSR count). The molecule has 0 aromatic heterocycles. The predicted octanol–water partition coefficient (Wildman–Crippen LogP) is 3.89. The average molecular weight is 359 g/mol. The van der Waals surface area contributed by atoms with E-state index in [0.29, 0.717) is 23.2 Å². The van der Waals surface area contributed by atoms with Crippen LogP contribution in [-0.2, 0) is 6.54 Å². The summed E-state index contributed by atoms with van der Waals surface area (Å²) in [5.41, 5.74) is 5.35. The van der Waals surface area contributed by atoms with Gasteiger partial charge in [0.05, 0.1) is 15.5 Å². The minimum atomic E-state index is -1.17. The molecule has 2 aromatic carbocycles. The summed E-state index contributed by atoms with van der Waals surface area (Å²) in [7, 11) is 0. The van der Waals surface area contributed by atoms with Crippen LogP contribution < -0.4 is 10.5 Å². The third-order valence-corrected chi connectivity index (χ3v) is 3.27. The van der Waals surface area contributed by atoms with Gasteiger partial charge in [0.2, 0.25) is 5.82 Å². The minimum Gasteiger partial charge on any atom is -0.453 e. The van der Waals surface area contributed by atoms with E-state index in [1.165, 1.54) is 6.07 Å². The van der Waals surface area contributed by atoms with Crippen molar-refractivity contribution < 1.29 is 18.4 Å². The first kappa shape index (κ1) is 15.3. The van der Waals surface area contributed by atoms with Crippen molar-refractivity contribution in [1.29, 1.82) is 0 Å². The second-order valence-electron chi connectivity index (χ2n) is 4.06. The fourth-order valence-corrected chi connectivity index (χ4v) is 2.12. The Hall–Kier alpha value is -2.06.